The van der Waals surface area contributed by atoms with E-state index in [9.17, 15) is 8.42 Å². The molecule has 1 unspecified atom stereocenters. The van der Waals surface area contributed by atoms with Crippen molar-refractivity contribution in [1.29, 1.82) is 0 Å². The van der Waals surface area contributed by atoms with Gasteiger partial charge in [-0.05, 0) is 12.1 Å². The van der Waals surface area contributed by atoms with Crippen LogP contribution in [0.4, 0.5) is 5.69 Å². The highest BCUT2D eigenvalue weighted by Crippen LogP contribution is 2.09. The Kier molecular flexibility index (Phi) is 3.27. The van der Waals surface area contributed by atoms with Crippen LogP contribution in [0.25, 0.3) is 0 Å². The van der Waals surface area contributed by atoms with E-state index >= 15 is 0 Å². The summed E-state index contributed by atoms with van der Waals surface area (Å²) in [5, 5.41) is -1.09. The van der Waals surface area contributed by atoms with E-state index in [1.165, 1.54) is 6.08 Å². The quantitative estimate of drug-likeness (QED) is 0.728. The van der Waals surface area contributed by atoms with Crippen LogP contribution in [0, 0.1) is 0 Å². The average Bonchev–Trinajstić information content (AvgIpc) is 2.17. The number of nitrogens with two attached hydrogens (primary N) is 1. The van der Waals surface area contributed by atoms with Crippen molar-refractivity contribution in [3.63, 3.8) is 0 Å². The summed E-state index contributed by atoms with van der Waals surface area (Å²) in [4.78, 5) is 0. The summed E-state index contributed by atoms with van der Waals surface area (Å²) in [5.41, 5.74) is 5.82. The zero-order valence-corrected chi connectivity index (χ0v) is 8.37. The van der Waals surface area contributed by atoms with Gasteiger partial charge in [-0.15, -0.1) is 6.58 Å². The zero-order chi connectivity index (χ0) is 10.6. The van der Waals surface area contributed by atoms with Crippen molar-refractivity contribution in [3.8, 4) is 0 Å². The maximum Gasteiger partial charge on any atom is 0.252 e. The lowest BCUT2D eigenvalue weighted by Gasteiger charge is -2.10. The molecule has 5 heteroatoms. The number of sulfonamides is 1. The number of anilines is 1. The number of hydrogen-bond acceptors (Lipinski definition) is 3. The molecule has 1 aromatic carbocycles. The molecule has 1 aromatic rings. The zero-order valence-electron chi connectivity index (χ0n) is 7.55. The van der Waals surface area contributed by atoms with E-state index in [1.807, 2.05) is 0 Å². The summed E-state index contributed by atoms with van der Waals surface area (Å²) in [6, 6.07) is 8.56. The monoisotopic (exact) mass is 212 g/mol. The fourth-order valence-electron chi connectivity index (χ4n) is 0.865. The van der Waals surface area contributed by atoms with E-state index in [0.29, 0.717) is 5.69 Å². The maximum atomic E-state index is 11.4. The number of nitrogens with one attached hydrogen (secondary N) is 1. The lowest BCUT2D eigenvalue weighted by atomic mass is 10.3. The topological polar surface area (TPSA) is 72.2 Å². The fourth-order valence-corrected chi connectivity index (χ4v) is 1.72. The molecule has 0 amide bonds. The fraction of sp³-hybridized carbons (Fsp3) is 0.111. The van der Waals surface area contributed by atoms with Crippen molar-refractivity contribution in [2.45, 2.75) is 5.37 Å². The van der Waals surface area contributed by atoms with Crippen LogP contribution in [0.3, 0.4) is 0 Å². The molecule has 14 heavy (non-hydrogen) atoms. The number of hydrogen-bond donors (Lipinski definition) is 2. The minimum Gasteiger partial charge on any atom is -0.310 e. The first kappa shape index (κ1) is 10.7. The number of benzene rings is 1. The summed E-state index contributed by atoms with van der Waals surface area (Å²) >= 11 is 0. The Morgan fingerprint density at radius 3 is 2.43 bits per heavy atom. The lowest BCUT2D eigenvalue weighted by Crippen LogP contribution is -2.33. The maximum absolute atomic E-state index is 11.4. The Bertz CT molecular complexity index is 400. The summed E-state index contributed by atoms with van der Waals surface area (Å²) in [6.45, 7) is 3.32. The molecule has 76 valence electrons. The van der Waals surface area contributed by atoms with Gasteiger partial charge >= 0.3 is 0 Å². The standard InChI is InChI=1S/C9H12N2O2S/c1-2-9(10)14(12,13)11-8-6-4-3-5-7-8/h2-7,9,11H,1,10H2. The molecule has 0 heterocycles. The van der Waals surface area contributed by atoms with Gasteiger partial charge in [0.15, 0.2) is 0 Å². The minimum atomic E-state index is -3.55. The molecule has 0 aliphatic carbocycles. The second-order valence-corrected chi connectivity index (χ2v) is 4.55. The molecule has 0 spiro atoms. The van der Waals surface area contributed by atoms with Crippen molar-refractivity contribution in [2.24, 2.45) is 5.73 Å². The summed E-state index contributed by atoms with van der Waals surface area (Å²) in [7, 11) is -3.55. The molecule has 0 aliphatic heterocycles. The van der Waals surface area contributed by atoms with Gasteiger partial charge in [0.2, 0.25) is 0 Å². The van der Waals surface area contributed by atoms with Crippen molar-refractivity contribution in [3.05, 3.63) is 43.0 Å². The molecule has 0 saturated carbocycles. The molecule has 4 nitrogen and oxygen atoms in total. The van der Waals surface area contributed by atoms with Crippen molar-refractivity contribution < 1.29 is 8.42 Å². The summed E-state index contributed by atoms with van der Waals surface area (Å²) in [5.74, 6) is 0. The Labute approximate surface area is 83.5 Å². The van der Waals surface area contributed by atoms with E-state index in [-0.39, 0.29) is 0 Å². The number of para-hydroxylation sites is 1. The van der Waals surface area contributed by atoms with Gasteiger partial charge in [0.05, 0.1) is 0 Å². The third-order valence-corrected chi connectivity index (χ3v) is 3.05. The molecule has 1 rings (SSSR count). The normalized spacial score (nSPS) is 13.2. The van der Waals surface area contributed by atoms with Crippen molar-refractivity contribution >= 4 is 15.7 Å². The molecule has 0 aromatic heterocycles. The van der Waals surface area contributed by atoms with Gasteiger partial charge in [-0.1, -0.05) is 24.3 Å². The van der Waals surface area contributed by atoms with Gasteiger partial charge in [0.1, 0.15) is 5.37 Å². The van der Waals surface area contributed by atoms with Crippen LogP contribution in [0.5, 0.6) is 0 Å². The predicted molar refractivity (Wildman–Crippen MR) is 57.2 cm³/mol. The second-order valence-electron chi connectivity index (χ2n) is 2.71. The van der Waals surface area contributed by atoms with Crippen LogP contribution in [0.2, 0.25) is 0 Å². The van der Waals surface area contributed by atoms with Gasteiger partial charge in [0.25, 0.3) is 10.0 Å². The summed E-state index contributed by atoms with van der Waals surface area (Å²) in [6.07, 6.45) is 1.17. The van der Waals surface area contributed by atoms with Crippen LogP contribution >= 0.6 is 0 Å². The van der Waals surface area contributed by atoms with Crippen LogP contribution in [-0.2, 0) is 10.0 Å². The molecule has 1 atom stereocenters. The van der Waals surface area contributed by atoms with Gasteiger partial charge in [-0.3, -0.25) is 4.72 Å². The third kappa shape index (κ3) is 2.58. The first-order valence-corrected chi connectivity index (χ1v) is 5.56. The van der Waals surface area contributed by atoms with E-state index in [4.69, 9.17) is 5.73 Å². The smallest absolute Gasteiger partial charge is 0.252 e. The van der Waals surface area contributed by atoms with Crippen LogP contribution in [0.1, 0.15) is 0 Å². The highest BCUT2D eigenvalue weighted by Gasteiger charge is 2.17. The predicted octanol–water partition coefficient (Wildman–Crippen LogP) is 0.899. The Morgan fingerprint density at radius 2 is 1.93 bits per heavy atom. The molecule has 0 bridgehead atoms. The van der Waals surface area contributed by atoms with Crippen LogP contribution in [-0.4, -0.2) is 13.8 Å². The molecular weight excluding hydrogens is 200 g/mol. The first-order valence-electron chi connectivity index (χ1n) is 4.01. The Balaban J connectivity index is 2.84. The first-order chi connectivity index (χ1) is 6.56. The van der Waals surface area contributed by atoms with Crippen molar-refractivity contribution in [1.82, 2.24) is 0 Å². The van der Waals surface area contributed by atoms with Gasteiger partial charge in [-0.2, -0.15) is 0 Å². The third-order valence-electron chi connectivity index (χ3n) is 1.62. The second kappa shape index (κ2) is 4.26. The molecule has 0 saturated heterocycles. The average molecular weight is 212 g/mol. The molecular formula is C9H12N2O2S. The molecule has 0 fully saturated rings. The van der Waals surface area contributed by atoms with Gasteiger partial charge < -0.3 is 5.73 Å². The van der Waals surface area contributed by atoms with E-state index < -0.39 is 15.4 Å². The lowest BCUT2D eigenvalue weighted by molar-refractivity contribution is 0.595. The Morgan fingerprint density at radius 1 is 1.36 bits per heavy atom. The van der Waals surface area contributed by atoms with E-state index in [2.05, 4.69) is 11.3 Å². The number of rotatable bonds is 4. The largest absolute Gasteiger partial charge is 0.310 e. The highest BCUT2D eigenvalue weighted by molar-refractivity contribution is 7.93. The van der Waals surface area contributed by atoms with Gasteiger partial charge in [-0.25, -0.2) is 8.42 Å². The van der Waals surface area contributed by atoms with Crippen LogP contribution in [0.15, 0.2) is 43.0 Å². The summed E-state index contributed by atoms with van der Waals surface area (Å²) < 4.78 is 25.2. The molecule has 0 radical (unpaired) electrons. The van der Waals surface area contributed by atoms with E-state index in [0.717, 1.165) is 0 Å². The molecule has 3 N–H and O–H groups in total. The van der Waals surface area contributed by atoms with Gasteiger partial charge in [0, 0.05) is 5.69 Å². The van der Waals surface area contributed by atoms with Crippen LogP contribution < -0.4 is 10.5 Å². The SMILES string of the molecule is C=CC(N)S(=O)(=O)Nc1ccccc1. The Hall–Kier alpha value is -1.33. The minimum absolute atomic E-state index is 0.491. The van der Waals surface area contributed by atoms with Crippen molar-refractivity contribution in [2.75, 3.05) is 4.72 Å². The van der Waals surface area contributed by atoms with E-state index in [1.54, 1.807) is 30.3 Å². The highest BCUT2D eigenvalue weighted by atomic mass is 32.2. The molecule has 0 aliphatic rings.